The third-order valence-electron chi connectivity index (χ3n) is 2.79. The molecular formula is C9H18N4S. The largest absolute Gasteiger partial charge is 0.337 e. The Morgan fingerprint density at radius 1 is 1.71 bits per heavy atom. The van der Waals surface area contributed by atoms with E-state index in [9.17, 15) is 0 Å². The average molecular weight is 214 g/mol. The first-order chi connectivity index (χ1) is 6.85. The Bertz CT molecular complexity index is 231. The van der Waals surface area contributed by atoms with Crippen LogP contribution in [0.25, 0.3) is 0 Å². The van der Waals surface area contributed by atoms with Crippen molar-refractivity contribution in [2.45, 2.75) is 31.1 Å². The molecule has 2 unspecified atom stereocenters. The Labute approximate surface area is 89.3 Å². The smallest absolute Gasteiger partial charge is 0.208 e. The molecule has 14 heavy (non-hydrogen) atoms. The predicted octanol–water partition coefficient (Wildman–Crippen LogP) is 0.405. The van der Waals surface area contributed by atoms with Gasteiger partial charge in [0.1, 0.15) is 0 Å². The molecule has 3 N–H and O–H groups in total. The molecule has 2 bridgehead atoms. The van der Waals surface area contributed by atoms with Crippen LogP contribution in [0, 0.1) is 0 Å². The standard InChI is InChI=1S/C9H18N4S/c1-2-3-11-9(12-10)13-5-8-4-7(13)6-14-8/h7-8H,2-6,10H2,1H3,(H,11,12). The summed E-state index contributed by atoms with van der Waals surface area (Å²) < 4.78 is 0. The Morgan fingerprint density at radius 3 is 3.07 bits per heavy atom. The molecule has 2 rings (SSSR count). The van der Waals surface area contributed by atoms with E-state index in [0.29, 0.717) is 6.04 Å². The van der Waals surface area contributed by atoms with Gasteiger partial charge in [0.15, 0.2) is 0 Å². The Morgan fingerprint density at radius 2 is 2.57 bits per heavy atom. The van der Waals surface area contributed by atoms with Gasteiger partial charge in [-0.15, -0.1) is 0 Å². The molecule has 0 aromatic carbocycles. The average Bonchev–Trinajstić information content (AvgIpc) is 2.80. The molecule has 0 aromatic heterocycles. The van der Waals surface area contributed by atoms with Crippen LogP contribution in [0.2, 0.25) is 0 Å². The van der Waals surface area contributed by atoms with E-state index in [2.05, 4.69) is 34.0 Å². The normalized spacial score (nSPS) is 31.3. The third kappa shape index (κ3) is 1.83. The van der Waals surface area contributed by atoms with Gasteiger partial charge >= 0.3 is 0 Å². The number of nitrogens with one attached hydrogen (secondary N) is 1. The van der Waals surface area contributed by atoms with Crippen LogP contribution in [0.3, 0.4) is 0 Å². The minimum Gasteiger partial charge on any atom is -0.337 e. The highest BCUT2D eigenvalue weighted by molar-refractivity contribution is 8.00. The van der Waals surface area contributed by atoms with E-state index in [0.717, 1.165) is 30.7 Å². The molecule has 2 aliphatic rings. The number of hydrogen-bond acceptors (Lipinski definition) is 3. The number of nitrogens with two attached hydrogens (primary N) is 1. The molecule has 0 spiro atoms. The van der Waals surface area contributed by atoms with Crippen LogP contribution in [0.15, 0.2) is 4.99 Å². The maximum Gasteiger partial charge on any atom is 0.208 e. The fourth-order valence-corrected chi connectivity index (χ4v) is 3.53. The quantitative estimate of drug-likeness (QED) is 0.302. The molecule has 0 radical (unpaired) electrons. The molecule has 4 nitrogen and oxygen atoms in total. The van der Waals surface area contributed by atoms with Gasteiger partial charge in [-0.2, -0.15) is 11.8 Å². The summed E-state index contributed by atoms with van der Waals surface area (Å²) in [6, 6.07) is 0.664. The first-order valence-corrected chi connectivity index (χ1v) is 6.29. The second-order valence-electron chi connectivity index (χ2n) is 3.85. The van der Waals surface area contributed by atoms with Crippen molar-refractivity contribution in [2.24, 2.45) is 10.8 Å². The second kappa shape index (κ2) is 4.40. The molecule has 5 heteroatoms. The maximum absolute atomic E-state index is 5.50. The van der Waals surface area contributed by atoms with Gasteiger partial charge in [-0.1, -0.05) is 6.92 Å². The summed E-state index contributed by atoms with van der Waals surface area (Å²) in [4.78, 5) is 6.79. The molecule has 80 valence electrons. The zero-order valence-electron chi connectivity index (χ0n) is 8.57. The third-order valence-corrected chi connectivity index (χ3v) is 4.18. The molecule has 2 saturated heterocycles. The number of thioether (sulfide) groups is 1. The number of hydrazine groups is 1. The molecule has 0 amide bonds. The summed E-state index contributed by atoms with van der Waals surface area (Å²) in [6.45, 7) is 4.10. The van der Waals surface area contributed by atoms with Crippen molar-refractivity contribution in [1.82, 2.24) is 10.3 Å². The number of hydrogen-bond donors (Lipinski definition) is 2. The number of fused-ring (bicyclic) bond motifs is 2. The van der Waals surface area contributed by atoms with Gasteiger partial charge < -0.3 is 4.90 Å². The molecular weight excluding hydrogens is 196 g/mol. The van der Waals surface area contributed by atoms with Gasteiger partial charge in [-0.05, 0) is 12.8 Å². The molecule has 2 heterocycles. The van der Waals surface area contributed by atoms with Crippen LogP contribution in [0.5, 0.6) is 0 Å². The van der Waals surface area contributed by atoms with Crippen molar-refractivity contribution in [3.8, 4) is 0 Å². The summed E-state index contributed by atoms with van der Waals surface area (Å²) in [5.41, 5.74) is 2.73. The molecule has 2 fully saturated rings. The lowest BCUT2D eigenvalue weighted by Gasteiger charge is -2.29. The van der Waals surface area contributed by atoms with Crippen LogP contribution < -0.4 is 11.3 Å². The van der Waals surface area contributed by atoms with E-state index in [4.69, 9.17) is 5.84 Å². The zero-order chi connectivity index (χ0) is 9.97. The predicted molar refractivity (Wildman–Crippen MR) is 61.3 cm³/mol. The Balaban J connectivity index is 1.98. The summed E-state index contributed by atoms with van der Waals surface area (Å²) in [7, 11) is 0. The van der Waals surface area contributed by atoms with Gasteiger partial charge in [-0.3, -0.25) is 10.4 Å². The van der Waals surface area contributed by atoms with Gasteiger partial charge in [0.25, 0.3) is 0 Å². The van der Waals surface area contributed by atoms with E-state index < -0.39 is 0 Å². The van der Waals surface area contributed by atoms with E-state index >= 15 is 0 Å². The summed E-state index contributed by atoms with van der Waals surface area (Å²) >= 11 is 2.08. The SMILES string of the molecule is CCCN=C(NN)N1CC2CC1CS2. The summed E-state index contributed by atoms with van der Waals surface area (Å²) in [5, 5.41) is 0.806. The lowest BCUT2D eigenvalue weighted by molar-refractivity contribution is 0.400. The molecule has 0 aromatic rings. The lowest BCUT2D eigenvalue weighted by Crippen LogP contribution is -2.49. The van der Waals surface area contributed by atoms with Gasteiger partial charge in [0.05, 0.1) is 0 Å². The maximum atomic E-state index is 5.50. The van der Waals surface area contributed by atoms with Crippen LogP contribution >= 0.6 is 11.8 Å². The van der Waals surface area contributed by atoms with E-state index in [1.807, 2.05) is 0 Å². The second-order valence-corrected chi connectivity index (χ2v) is 5.18. The number of nitrogens with zero attached hydrogens (tertiary/aromatic N) is 2. The summed E-state index contributed by atoms with van der Waals surface area (Å²) in [5.74, 6) is 7.62. The first kappa shape index (κ1) is 10.1. The number of likely N-dealkylation sites (tertiary alicyclic amines) is 1. The molecule has 2 atom stereocenters. The van der Waals surface area contributed by atoms with Gasteiger partial charge in [0.2, 0.25) is 5.96 Å². The van der Waals surface area contributed by atoms with Crippen LogP contribution in [-0.4, -0.2) is 41.0 Å². The number of aliphatic imine (C=N–C) groups is 1. The number of guanidine groups is 1. The highest BCUT2D eigenvalue weighted by Crippen LogP contribution is 2.37. The van der Waals surface area contributed by atoms with Gasteiger partial charge in [0, 0.05) is 30.1 Å². The Kier molecular flexibility index (Phi) is 3.18. The van der Waals surface area contributed by atoms with Crippen molar-refractivity contribution in [1.29, 1.82) is 0 Å². The molecule has 0 saturated carbocycles. The summed E-state index contributed by atoms with van der Waals surface area (Å²) in [6.07, 6.45) is 2.37. The van der Waals surface area contributed by atoms with Crippen molar-refractivity contribution < 1.29 is 0 Å². The van der Waals surface area contributed by atoms with Crippen LogP contribution in [-0.2, 0) is 0 Å². The van der Waals surface area contributed by atoms with E-state index in [1.165, 1.54) is 12.2 Å². The van der Waals surface area contributed by atoms with Gasteiger partial charge in [-0.25, -0.2) is 5.84 Å². The fourth-order valence-electron chi connectivity index (χ4n) is 2.10. The minimum atomic E-state index is 0.664. The van der Waals surface area contributed by atoms with Crippen molar-refractivity contribution >= 4 is 17.7 Å². The van der Waals surface area contributed by atoms with E-state index in [1.54, 1.807) is 0 Å². The van der Waals surface area contributed by atoms with E-state index in [-0.39, 0.29) is 0 Å². The topological polar surface area (TPSA) is 53.6 Å². The molecule has 0 aliphatic carbocycles. The monoisotopic (exact) mass is 214 g/mol. The van der Waals surface area contributed by atoms with Crippen LogP contribution in [0.1, 0.15) is 19.8 Å². The Hall–Kier alpha value is -0.420. The van der Waals surface area contributed by atoms with Crippen LogP contribution in [0.4, 0.5) is 0 Å². The van der Waals surface area contributed by atoms with Crippen molar-refractivity contribution in [3.63, 3.8) is 0 Å². The fraction of sp³-hybridized carbons (Fsp3) is 0.889. The highest BCUT2D eigenvalue weighted by Gasteiger charge is 2.39. The minimum absolute atomic E-state index is 0.664. The lowest BCUT2D eigenvalue weighted by atomic mass is 10.2. The molecule has 2 aliphatic heterocycles. The number of rotatable bonds is 2. The van der Waals surface area contributed by atoms with Crippen molar-refractivity contribution in [3.05, 3.63) is 0 Å². The zero-order valence-corrected chi connectivity index (χ0v) is 9.39. The highest BCUT2D eigenvalue weighted by atomic mass is 32.2. The van der Waals surface area contributed by atoms with Crippen molar-refractivity contribution in [2.75, 3.05) is 18.8 Å². The first-order valence-electron chi connectivity index (χ1n) is 5.24.